The lowest BCUT2D eigenvalue weighted by Gasteiger charge is -2.36. The minimum atomic E-state index is -3.22. The van der Waals surface area contributed by atoms with E-state index in [-0.39, 0.29) is 11.5 Å². The summed E-state index contributed by atoms with van der Waals surface area (Å²) in [6, 6.07) is 10.8. The fraction of sp³-hybridized carbons (Fsp3) is 0.259. The second kappa shape index (κ2) is 13.0. The highest BCUT2D eigenvalue weighted by molar-refractivity contribution is 5.99. The summed E-state index contributed by atoms with van der Waals surface area (Å²) in [6.45, 7) is 2.21. The molecule has 10 heteroatoms. The number of carbonyl (C=O) groups is 4. The lowest BCUT2D eigenvalue weighted by Crippen LogP contribution is -2.67. The number of amides is 3. The number of aliphatic hydroxyl groups is 1. The molecule has 37 heavy (non-hydrogen) atoms. The van der Waals surface area contributed by atoms with Gasteiger partial charge in [-0.25, -0.2) is 8.78 Å². The fourth-order valence-electron chi connectivity index (χ4n) is 3.25. The van der Waals surface area contributed by atoms with Gasteiger partial charge >= 0.3 is 0 Å². The molecule has 2 aromatic rings. The van der Waals surface area contributed by atoms with E-state index >= 15 is 0 Å². The number of ketones is 1. The van der Waals surface area contributed by atoms with Gasteiger partial charge in [0.2, 0.25) is 11.8 Å². The molecule has 0 radical (unpaired) electrons. The minimum Gasteiger partial charge on any atom is -0.388 e. The molecule has 0 aliphatic rings. The van der Waals surface area contributed by atoms with E-state index in [9.17, 15) is 33.1 Å². The molecule has 0 fully saturated rings. The lowest BCUT2D eigenvalue weighted by atomic mass is 9.88. The first-order valence-electron chi connectivity index (χ1n) is 11.0. The van der Waals surface area contributed by atoms with E-state index in [0.717, 1.165) is 13.8 Å². The molecule has 0 unspecified atom stereocenters. The molecule has 0 heterocycles. The second-order valence-corrected chi connectivity index (χ2v) is 8.13. The van der Waals surface area contributed by atoms with Crippen molar-refractivity contribution < 1.29 is 33.1 Å². The Hall–Kier alpha value is -4.54. The summed E-state index contributed by atoms with van der Waals surface area (Å²) < 4.78 is 27.5. The maximum absolute atomic E-state index is 13.8. The summed E-state index contributed by atoms with van der Waals surface area (Å²) in [5.41, 5.74) is -0.529. The van der Waals surface area contributed by atoms with E-state index in [1.54, 1.807) is 24.3 Å². The van der Waals surface area contributed by atoms with Crippen LogP contribution in [0.2, 0.25) is 0 Å². The minimum absolute atomic E-state index is 0.0473. The van der Waals surface area contributed by atoms with Crippen molar-refractivity contribution in [1.29, 1.82) is 0 Å². The average molecular weight is 510 g/mol. The van der Waals surface area contributed by atoms with Gasteiger partial charge in [-0.1, -0.05) is 11.8 Å². The van der Waals surface area contributed by atoms with Crippen molar-refractivity contribution in [3.05, 3.63) is 65.2 Å². The molecule has 2 rings (SSSR count). The first kappa shape index (κ1) is 28.7. The molecule has 0 saturated carbocycles. The van der Waals surface area contributed by atoms with E-state index < -0.39 is 42.2 Å². The highest BCUT2D eigenvalue weighted by Gasteiger charge is 2.47. The number of nitrogens with one attached hydrogen (secondary N) is 3. The standard InChI is InChI=1S/C27H25F2N3O5/c1-17(34)30-22-14-10-20(11-15-22)7-5-4-6-19-8-12-21(13-9-19)25(37)31-24(23(36)16-33)27(3,26(28)29)32-18(2)35/h8-15,24,26,33H,16H2,1-3H3,(H,30,34)(H,31,37)(H,32,35)/t24-,27+/m1/s1. The zero-order chi connectivity index (χ0) is 27.6. The molecular formula is C27H25F2N3O5. The molecule has 0 saturated heterocycles. The topological polar surface area (TPSA) is 125 Å². The molecule has 0 aromatic heterocycles. The fourth-order valence-corrected chi connectivity index (χ4v) is 3.25. The first-order valence-corrected chi connectivity index (χ1v) is 11.0. The normalized spacial score (nSPS) is 12.5. The molecule has 8 nitrogen and oxygen atoms in total. The lowest BCUT2D eigenvalue weighted by molar-refractivity contribution is -0.131. The molecule has 192 valence electrons. The number of anilines is 1. The van der Waals surface area contributed by atoms with E-state index in [0.29, 0.717) is 16.8 Å². The molecule has 0 bridgehead atoms. The number of benzene rings is 2. The van der Waals surface area contributed by atoms with E-state index in [4.69, 9.17) is 0 Å². The summed E-state index contributed by atoms with van der Waals surface area (Å²) in [6.07, 6.45) is -3.22. The predicted molar refractivity (Wildman–Crippen MR) is 133 cm³/mol. The van der Waals surface area contributed by atoms with Crippen LogP contribution in [-0.2, 0) is 14.4 Å². The Morgan fingerprint density at radius 3 is 1.84 bits per heavy atom. The van der Waals surface area contributed by atoms with Gasteiger partial charge in [0, 0.05) is 36.2 Å². The number of Topliss-reactive ketones (excluding diaryl/α,β-unsaturated/α-hetero) is 1. The van der Waals surface area contributed by atoms with E-state index in [1.807, 2.05) is 5.32 Å². The Bertz CT molecular complexity index is 1290. The van der Waals surface area contributed by atoms with Gasteiger partial charge in [-0.15, -0.1) is 0 Å². The van der Waals surface area contributed by atoms with Crippen LogP contribution in [0.4, 0.5) is 14.5 Å². The number of hydrogen-bond acceptors (Lipinski definition) is 5. The Kier molecular flexibility index (Phi) is 10.1. The zero-order valence-corrected chi connectivity index (χ0v) is 20.3. The van der Waals surface area contributed by atoms with Gasteiger partial charge in [0.25, 0.3) is 12.3 Å². The van der Waals surface area contributed by atoms with Crippen LogP contribution in [0.15, 0.2) is 48.5 Å². The molecular weight excluding hydrogens is 484 g/mol. The van der Waals surface area contributed by atoms with Gasteiger partial charge in [0.05, 0.1) is 0 Å². The Morgan fingerprint density at radius 2 is 1.41 bits per heavy atom. The van der Waals surface area contributed by atoms with E-state index in [1.165, 1.54) is 31.2 Å². The number of alkyl halides is 2. The highest BCUT2D eigenvalue weighted by Crippen LogP contribution is 2.22. The maximum Gasteiger partial charge on any atom is 0.263 e. The van der Waals surface area contributed by atoms with Gasteiger partial charge < -0.3 is 21.1 Å². The van der Waals surface area contributed by atoms with Gasteiger partial charge in [0.15, 0.2) is 5.78 Å². The van der Waals surface area contributed by atoms with Crippen LogP contribution in [0, 0.1) is 23.7 Å². The smallest absolute Gasteiger partial charge is 0.263 e. The summed E-state index contributed by atoms with van der Waals surface area (Å²) in [7, 11) is 0. The van der Waals surface area contributed by atoms with Crippen LogP contribution in [0.5, 0.6) is 0 Å². The SMILES string of the molecule is CC(=O)Nc1ccc(C#CC#Cc2ccc(C(=O)N[C@H](C(=O)CO)[C@](C)(NC(C)=O)C(F)F)cc2)cc1. The van der Waals surface area contributed by atoms with Crippen molar-refractivity contribution in [2.75, 3.05) is 11.9 Å². The zero-order valence-electron chi connectivity index (χ0n) is 20.3. The molecule has 0 aliphatic heterocycles. The Labute approximate surface area is 212 Å². The van der Waals surface area contributed by atoms with E-state index in [2.05, 4.69) is 34.3 Å². The Balaban J connectivity index is 2.13. The van der Waals surface area contributed by atoms with Crippen LogP contribution in [0.1, 0.15) is 42.3 Å². The van der Waals surface area contributed by atoms with Crippen molar-refractivity contribution in [2.45, 2.75) is 38.8 Å². The van der Waals surface area contributed by atoms with Crippen molar-refractivity contribution in [2.24, 2.45) is 0 Å². The van der Waals surface area contributed by atoms with Crippen molar-refractivity contribution >= 4 is 29.2 Å². The number of carbonyl (C=O) groups excluding carboxylic acids is 4. The molecule has 0 aliphatic carbocycles. The first-order chi connectivity index (χ1) is 17.5. The van der Waals surface area contributed by atoms with Crippen LogP contribution in [0.3, 0.4) is 0 Å². The molecule has 0 spiro atoms. The van der Waals surface area contributed by atoms with Gasteiger partial charge in [0.1, 0.15) is 18.2 Å². The van der Waals surface area contributed by atoms with Crippen LogP contribution < -0.4 is 16.0 Å². The van der Waals surface area contributed by atoms with Gasteiger partial charge in [-0.2, -0.15) is 0 Å². The molecule has 3 amide bonds. The van der Waals surface area contributed by atoms with Crippen LogP contribution in [0.25, 0.3) is 0 Å². The van der Waals surface area contributed by atoms with Crippen LogP contribution >= 0.6 is 0 Å². The number of rotatable bonds is 8. The maximum atomic E-state index is 13.8. The molecule has 2 atom stereocenters. The second-order valence-electron chi connectivity index (χ2n) is 8.13. The molecule has 2 aromatic carbocycles. The van der Waals surface area contributed by atoms with Crippen molar-refractivity contribution in [3.63, 3.8) is 0 Å². The monoisotopic (exact) mass is 509 g/mol. The highest BCUT2D eigenvalue weighted by atomic mass is 19.3. The predicted octanol–water partition coefficient (Wildman–Crippen LogP) is 1.87. The summed E-state index contributed by atoms with van der Waals surface area (Å²) in [4.78, 5) is 47.3. The van der Waals surface area contributed by atoms with Crippen molar-refractivity contribution in [1.82, 2.24) is 10.6 Å². The molecule has 4 N–H and O–H groups in total. The largest absolute Gasteiger partial charge is 0.388 e. The quantitative estimate of drug-likeness (QED) is 0.405. The third kappa shape index (κ3) is 8.27. The summed E-state index contributed by atoms with van der Waals surface area (Å²) in [5, 5.41) is 16.1. The average Bonchev–Trinajstić information content (AvgIpc) is 2.85. The van der Waals surface area contributed by atoms with Crippen molar-refractivity contribution in [3.8, 4) is 23.7 Å². The number of hydrogen-bond donors (Lipinski definition) is 4. The number of halogens is 2. The van der Waals surface area contributed by atoms with Gasteiger partial charge in [-0.05, 0) is 67.3 Å². The van der Waals surface area contributed by atoms with Crippen LogP contribution in [-0.4, -0.2) is 53.2 Å². The number of aliphatic hydroxyl groups excluding tert-OH is 1. The summed E-state index contributed by atoms with van der Waals surface area (Å²) in [5.74, 6) is 8.07. The third-order valence-electron chi connectivity index (χ3n) is 5.08. The third-order valence-corrected chi connectivity index (χ3v) is 5.08. The summed E-state index contributed by atoms with van der Waals surface area (Å²) >= 11 is 0. The Morgan fingerprint density at radius 1 is 0.892 bits per heavy atom. The van der Waals surface area contributed by atoms with Gasteiger partial charge in [-0.3, -0.25) is 19.2 Å².